The van der Waals surface area contributed by atoms with Gasteiger partial charge in [-0.2, -0.15) is 0 Å². The number of nitrogens with two attached hydrogens (primary N) is 1. The first-order valence-corrected chi connectivity index (χ1v) is 7.29. The van der Waals surface area contributed by atoms with Gasteiger partial charge in [-0.25, -0.2) is 4.98 Å². The first kappa shape index (κ1) is 14.3. The lowest BCUT2D eigenvalue weighted by Gasteiger charge is -2.09. The number of carbonyl (C=O) groups excluding carboxylic acids is 1. The highest BCUT2D eigenvalue weighted by atomic mass is 32.1. The van der Waals surface area contributed by atoms with Crippen LogP contribution in [0.5, 0.6) is 0 Å². The summed E-state index contributed by atoms with van der Waals surface area (Å²) in [6.45, 7) is 3.05. The van der Waals surface area contributed by atoms with Crippen molar-refractivity contribution in [1.29, 1.82) is 0 Å². The largest absolute Gasteiger partial charge is 0.396 e. The van der Waals surface area contributed by atoms with Crippen LogP contribution in [0.25, 0.3) is 0 Å². The number of nitrogen functional groups attached to an aromatic ring is 1. The number of pyridine rings is 1. The van der Waals surface area contributed by atoms with Gasteiger partial charge in [-0.1, -0.05) is 6.07 Å². The fraction of sp³-hybridized carbons (Fsp3) is 0.286. The fourth-order valence-corrected chi connectivity index (χ4v) is 2.43. The normalized spacial score (nSPS) is 10.2. The van der Waals surface area contributed by atoms with E-state index >= 15 is 0 Å². The minimum absolute atomic E-state index is 0.0272. The second kappa shape index (κ2) is 6.91. The van der Waals surface area contributed by atoms with Crippen molar-refractivity contribution in [2.75, 3.05) is 24.1 Å². The summed E-state index contributed by atoms with van der Waals surface area (Å²) in [6.07, 6.45) is 0.433. The number of nitrogens with one attached hydrogen (secondary N) is 2. The van der Waals surface area contributed by atoms with Crippen molar-refractivity contribution >= 4 is 28.7 Å². The third-order valence-corrected chi connectivity index (χ3v) is 3.60. The smallest absolute Gasteiger partial charge is 0.225 e. The first-order valence-electron chi connectivity index (χ1n) is 6.41. The second-order valence-corrected chi connectivity index (χ2v) is 5.46. The summed E-state index contributed by atoms with van der Waals surface area (Å²) in [5.74, 6) is 0.692. The molecule has 0 aliphatic carbocycles. The van der Waals surface area contributed by atoms with Crippen molar-refractivity contribution in [1.82, 2.24) is 10.3 Å². The summed E-state index contributed by atoms with van der Waals surface area (Å²) in [7, 11) is 0. The maximum absolute atomic E-state index is 11.7. The molecule has 6 heteroatoms. The molecule has 2 aromatic heterocycles. The molecule has 106 valence electrons. The Bertz CT molecular complexity index is 569. The molecule has 0 spiro atoms. The summed E-state index contributed by atoms with van der Waals surface area (Å²) >= 11 is 1.59. The van der Waals surface area contributed by atoms with Gasteiger partial charge in [0.15, 0.2) is 0 Å². The van der Waals surface area contributed by atoms with Crippen molar-refractivity contribution in [3.63, 3.8) is 0 Å². The zero-order valence-electron chi connectivity index (χ0n) is 11.3. The van der Waals surface area contributed by atoms with Crippen LogP contribution in [0.2, 0.25) is 0 Å². The van der Waals surface area contributed by atoms with Gasteiger partial charge < -0.3 is 16.4 Å². The molecule has 1 amide bonds. The monoisotopic (exact) mass is 290 g/mol. The Labute approximate surface area is 122 Å². The summed E-state index contributed by atoms with van der Waals surface area (Å²) in [4.78, 5) is 17.0. The van der Waals surface area contributed by atoms with Gasteiger partial charge >= 0.3 is 0 Å². The molecule has 0 aliphatic rings. The Hall–Kier alpha value is -2.08. The number of anilines is 2. The van der Waals surface area contributed by atoms with Crippen LogP contribution in [0.3, 0.4) is 0 Å². The Kier molecular flexibility index (Phi) is 4.95. The minimum atomic E-state index is 0.0272. The SMILES string of the molecule is Cc1ccc(N)c(NCCNC(=O)Cc2cccs2)n1. The second-order valence-electron chi connectivity index (χ2n) is 4.42. The van der Waals surface area contributed by atoms with E-state index in [-0.39, 0.29) is 5.91 Å². The molecule has 0 bridgehead atoms. The average Bonchev–Trinajstić information content (AvgIpc) is 2.91. The summed E-state index contributed by atoms with van der Waals surface area (Å²) in [5, 5.41) is 7.95. The van der Waals surface area contributed by atoms with Gasteiger partial charge in [0.1, 0.15) is 5.82 Å². The van der Waals surface area contributed by atoms with E-state index in [0.717, 1.165) is 10.6 Å². The lowest BCUT2D eigenvalue weighted by atomic mass is 10.3. The van der Waals surface area contributed by atoms with Crippen LogP contribution >= 0.6 is 11.3 Å². The minimum Gasteiger partial charge on any atom is -0.396 e. The molecule has 4 N–H and O–H groups in total. The number of rotatable bonds is 6. The van der Waals surface area contributed by atoms with E-state index in [4.69, 9.17) is 5.73 Å². The van der Waals surface area contributed by atoms with E-state index in [1.807, 2.05) is 36.6 Å². The molecule has 2 rings (SSSR count). The van der Waals surface area contributed by atoms with Gasteiger partial charge in [-0.05, 0) is 30.5 Å². The standard InChI is InChI=1S/C14H18N4OS/c1-10-4-5-12(15)14(18-10)17-7-6-16-13(19)9-11-3-2-8-20-11/h2-5,8H,6-7,9,15H2,1H3,(H,16,19)(H,17,18). The third kappa shape index (κ3) is 4.24. The van der Waals surface area contributed by atoms with Gasteiger partial charge in [-0.15, -0.1) is 11.3 Å². The topological polar surface area (TPSA) is 80.0 Å². The quantitative estimate of drug-likeness (QED) is 0.709. The molecule has 2 aromatic rings. The van der Waals surface area contributed by atoms with Crippen molar-refractivity contribution < 1.29 is 4.79 Å². The lowest BCUT2D eigenvalue weighted by Crippen LogP contribution is -2.30. The van der Waals surface area contributed by atoms with Crippen LogP contribution in [-0.2, 0) is 11.2 Å². The molecule has 0 aliphatic heterocycles. The van der Waals surface area contributed by atoms with Gasteiger partial charge in [0, 0.05) is 23.7 Å². The Morgan fingerprint density at radius 1 is 1.35 bits per heavy atom. The Morgan fingerprint density at radius 3 is 2.95 bits per heavy atom. The highest BCUT2D eigenvalue weighted by molar-refractivity contribution is 7.10. The van der Waals surface area contributed by atoms with Crippen LogP contribution in [0.1, 0.15) is 10.6 Å². The number of nitrogens with zero attached hydrogens (tertiary/aromatic N) is 1. The maximum Gasteiger partial charge on any atom is 0.225 e. The zero-order chi connectivity index (χ0) is 14.4. The lowest BCUT2D eigenvalue weighted by molar-refractivity contribution is -0.120. The van der Waals surface area contributed by atoms with Crippen molar-refractivity contribution in [3.05, 3.63) is 40.2 Å². The van der Waals surface area contributed by atoms with Crippen LogP contribution in [0.4, 0.5) is 11.5 Å². The van der Waals surface area contributed by atoms with E-state index in [0.29, 0.717) is 31.0 Å². The van der Waals surface area contributed by atoms with Crippen molar-refractivity contribution in [3.8, 4) is 0 Å². The summed E-state index contributed by atoms with van der Waals surface area (Å²) in [6, 6.07) is 7.59. The number of hydrogen-bond donors (Lipinski definition) is 3. The molecule has 0 unspecified atom stereocenters. The number of thiophene rings is 1. The molecular weight excluding hydrogens is 272 g/mol. The highest BCUT2D eigenvalue weighted by Crippen LogP contribution is 2.14. The van der Waals surface area contributed by atoms with Crippen molar-refractivity contribution in [2.24, 2.45) is 0 Å². The molecule has 0 saturated carbocycles. The van der Waals surface area contributed by atoms with Gasteiger partial charge in [0.2, 0.25) is 5.91 Å². The van der Waals surface area contributed by atoms with Crippen LogP contribution in [-0.4, -0.2) is 24.0 Å². The van der Waals surface area contributed by atoms with Crippen LogP contribution in [0, 0.1) is 6.92 Å². The Balaban J connectivity index is 1.71. The highest BCUT2D eigenvalue weighted by Gasteiger charge is 2.04. The van der Waals surface area contributed by atoms with Gasteiger partial charge in [-0.3, -0.25) is 4.79 Å². The summed E-state index contributed by atoms with van der Waals surface area (Å²) < 4.78 is 0. The molecule has 0 fully saturated rings. The van der Waals surface area contributed by atoms with Gasteiger partial charge in [0.05, 0.1) is 12.1 Å². The number of amides is 1. The number of aromatic nitrogens is 1. The molecule has 0 radical (unpaired) electrons. The van der Waals surface area contributed by atoms with E-state index in [9.17, 15) is 4.79 Å². The molecule has 5 nitrogen and oxygen atoms in total. The fourth-order valence-electron chi connectivity index (χ4n) is 1.73. The molecule has 20 heavy (non-hydrogen) atoms. The van der Waals surface area contributed by atoms with E-state index < -0.39 is 0 Å². The number of aryl methyl sites for hydroxylation is 1. The maximum atomic E-state index is 11.7. The van der Waals surface area contributed by atoms with E-state index in [1.165, 1.54) is 0 Å². The molecule has 2 heterocycles. The predicted molar refractivity (Wildman–Crippen MR) is 82.9 cm³/mol. The predicted octanol–water partition coefficient (Wildman–Crippen LogP) is 1.80. The van der Waals surface area contributed by atoms with E-state index in [1.54, 1.807) is 11.3 Å². The number of carbonyl (C=O) groups is 1. The average molecular weight is 290 g/mol. The molecule has 0 atom stereocenters. The van der Waals surface area contributed by atoms with Gasteiger partial charge in [0.25, 0.3) is 0 Å². The first-order chi connectivity index (χ1) is 9.65. The van der Waals surface area contributed by atoms with E-state index in [2.05, 4.69) is 15.6 Å². The molecular formula is C14H18N4OS. The zero-order valence-corrected chi connectivity index (χ0v) is 12.2. The number of hydrogen-bond acceptors (Lipinski definition) is 5. The Morgan fingerprint density at radius 2 is 2.20 bits per heavy atom. The van der Waals surface area contributed by atoms with Crippen molar-refractivity contribution in [2.45, 2.75) is 13.3 Å². The molecule has 0 aromatic carbocycles. The third-order valence-electron chi connectivity index (χ3n) is 2.72. The summed E-state index contributed by atoms with van der Waals surface area (Å²) in [5.41, 5.74) is 7.33. The molecule has 0 saturated heterocycles. The van der Waals surface area contributed by atoms with Crippen LogP contribution in [0.15, 0.2) is 29.6 Å². The van der Waals surface area contributed by atoms with Crippen LogP contribution < -0.4 is 16.4 Å².